The number of fused-ring (bicyclic) bond motifs is 2. The van der Waals surface area contributed by atoms with E-state index in [0.29, 0.717) is 12.3 Å². The Hall–Kier alpha value is -1.36. The standard InChI is InChI=1S/C11H15N3O2/c1-2-14-10(3-4-12-14)11(15)13-6-9-5-8(13)7-16-9/h3-4,8-9H,2,5-7H2,1H3. The third-order valence-corrected chi connectivity index (χ3v) is 3.40. The van der Waals surface area contributed by atoms with E-state index >= 15 is 0 Å². The van der Waals surface area contributed by atoms with E-state index < -0.39 is 0 Å². The Morgan fingerprint density at radius 3 is 3.19 bits per heavy atom. The van der Waals surface area contributed by atoms with Gasteiger partial charge in [0.25, 0.3) is 5.91 Å². The van der Waals surface area contributed by atoms with E-state index in [0.717, 1.165) is 19.5 Å². The van der Waals surface area contributed by atoms with Gasteiger partial charge in [-0.3, -0.25) is 9.48 Å². The van der Waals surface area contributed by atoms with Crippen LogP contribution in [-0.2, 0) is 11.3 Å². The molecule has 2 aliphatic heterocycles. The van der Waals surface area contributed by atoms with Crippen molar-refractivity contribution >= 4 is 5.91 Å². The van der Waals surface area contributed by atoms with Crippen molar-refractivity contribution in [3.63, 3.8) is 0 Å². The number of aryl methyl sites for hydroxylation is 1. The Labute approximate surface area is 94.0 Å². The van der Waals surface area contributed by atoms with Gasteiger partial charge in [0.1, 0.15) is 5.69 Å². The summed E-state index contributed by atoms with van der Waals surface area (Å²) in [6.45, 7) is 4.14. The molecule has 86 valence electrons. The Morgan fingerprint density at radius 2 is 2.56 bits per heavy atom. The van der Waals surface area contributed by atoms with Gasteiger partial charge in [-0.15, -0.1) is 0 Å². The summed E-state index contributed by atoms with van der Waals surface area (Å²) in [5.74, 6) is 0.0927. The lowest BCUT2D eigenvalue weighted by Crippen LogP contribution is -2.42. The van der Waals surface area contributed by atoms with Crippen LogP contribution in [0.1, 0.15) is 23.8 Å². The predicted molar refractivity (Wildman–Crippen MR) is 57.1 cm³/mol. The molecule has 3 rings (SSSR count). The van der Waals surface area contributed by atoms with Crippen molar-refractivity contribution in [3.05, 3.63) is 18.0 Å². The third-order valence-electron chi connectivity index (χ3n) is 3.40. The van der Waals surface area contributed by atoms with Gasteiger partial charge in [0.05, 0.1) is 18.8 Å². The van der Waals surface area contributed by atoms with Gasteiger partial charge in [-0.25, -0.2) is 0 Å². The van der Waals surface area contributed by atoms with Crippen molar-refractivity contribution in [3.8, 4) is 0 Å². The maximum absolute atomic E-state index is 12.3. The molecule has 0 radical (unpaired) electrons. The van der Waals surface area contributed by atoms with E-state index in [1.807, 2.05) is 11.8 Å². The zero-order valence-electron chi connectivity index (χ0n) is 9.30. The van der Waals surface area contributed by atoms with Crippen molar-refractivity contribution in [2.45, 2.75) is 32.0 Å². The molecule has 2 saturated heterocycles. The Balaban J connectivity index is 1.83. The summed E-state index contributed by atoms with van der Waals surface area (Å²) in [7, 11) is 0. The van der Waals surface area contributed by atoms with E-state index in [1.54, 1.807) is 16.9 Å². The molecule has 1 amide bonds. The first-order valence-electron chi connectivity index (χ1n) is 5.74. The smallest absolute Gasteiger partial charge is 0.272 e. The number of nitrogens with zero attached hydrogens (tertiary/aromatic N) is 3. The van der Waals surface area contributed by atoms with Crippen LogP contribution in [0.2, 0.25) is 0 Å². The van der Waals surface area contributed by atoms with Crippen molar-refractivity contribution in [1.29, 1.82) is 0 Å². The number of carbonyl (C=O) groups is 1. The molecule has 0 aromatic carbocycles. The fraction of sp³-hybridized carbons (Fsp3) is 0.636. The summed E-state index contributed by atoms with van der Waals surface area (Å²) >= 11 is 0. The number of carbonyl (C=O) groups excluding carboxylic acids is 1. The van der Waals surface area contributed by atoms with Gasteiger partial charge in [0.2, 0.25) is 0 Å². The van der Waals surface area contributed by atoms with Crippen LogP contribution in [0.5, 0.6) is 0 Å². The normalized spacial score (nSPS) is 27.7. The monoisotopic (exact) mass is 221 g/mol. The first-order valence-corrected chi connectivity index (χ1v) is 5.74. The van der Waals surface area contributed by atoms with Crippen molar-refractivity contribution in [1.82, 2.24) is 14.7 Å². The highest BCUT2D eigenvalue weighted by Crippen LogP contribution is 2.28. The zero-order valence-corrected chi connectivity index (χ0v) is 9.30. The molecular weight excluding hydrogens is 206 g/mol. The molecule has 2 unspecified atom stereocenters. The summed E-state index contributed by atoms with van der Waals surface area (Å²) in [5, 5.41) is 4.13. The molecule has 2 atom stereocenters. The lowest BCUT2D eigenvalue weighted by atomic mass is 10.2. The minimum Gasteiger partial charge on any atom is -0.374 e. The molecule has 1 aromatic rings. The lowest BCUT2D eigenvalue weighted by molar-refractivity contribution is 0.0252. The Morgan fingerprint density at radius 1 is 1.69 bits per heavy atom. The van der Waals surface area contributed by atoms with Gasteiger partial charge >= 0.3 is 0 Å². The molecule has 3 heterocycles. The second kappa shape index (κ2) is 3.59. The van der Waals surface area contributed by atoms with Gasteiger partial charge < -0.3 is 9.64 Å². The molecule has 5 heteroatoms. The molecule has 2 aliphatic rings. The van der Waals surface area contributed by atoms with Crippen molar-refractivity contribution < 1.29 is 9.53 Å². The van der Waals surface area contributed by atoms with Crippen LogP contribution in [0.4, 0.5) is 0 Å². The molecule has 2 fully saturated rings. The lowest BCUT2D eigenvalue weighted by Gasteiger charge is -2.26. The van der Waals surface area contributed by atoms with Crippen molar-refractivity contribution in [2.24, 2.45) is 0 Å². The summed E-state index contributed by atoms with van der Waals surface area (Å²) in [5.41, 5.74) is 0.690. The average molecular weight is 221 g/mol. The number of aromatic nitrogens is 2. The van der Waals surface area contributed by atoms with Gasteiger partial charge in [0, 0.05) is 19.3 Å². The molecule has 16 heavy (non-hydrogen) atoms. The van der Waals surface area contributed by atoms with Crippen LogP contribution >= 0.6 is 0 Å². The number of hydrogen-bond donors (Lipinski definition) is 0. The average Bonchev–Trinajstić information content (AvgIpc) is 3.02. The van der Waals surface area contributed by atoms with Crippen LogP contribution in [0, 0.1) is 0 Å². The highest BCUT2D eigenvalue weighted by atomic mass is 16.5. The van der Waals surface area contributed by atoms with Crippen LogP contribution in [0.15, 0.2) is 12.3 Å². The molecule has 0 saturated carbocycles. The van der Waals surface area contributed by atoms with Crippen LogP contribution in [0.25, 0.3) is 0 Å². The number of ether oxygens (including phenoxy) is 1. The second-order valence-electron chi connectivity index (χ2n) is 4.33. The fourth-order valence-electron chi connectivity index (χ4n) is 2.56. The highest BCUT2D eigenvalue weighted by Gasteiger charge is 2.42. The van der Waals surface area contributed by atoms with E-state index in [1.165, 1.54) is 0 Å². The van der Waals surface area contributed by atoms with Crippen LogP contribution < -0.4 is 0 Å². The SMILES string of the molecule is CCn1nccc1C(=O)N1CC2CC1CO2. The number of morpholine rings is 1. The van der Waals surface area contributed by atoms with Crippen molar-refractivity contribution in [2.75, 3.05) is 13.2 Å². The van der Waals surface area contributed by atoms with E-state index in [9.17, 15) is 4.79 Å². The van der Waals surface area contributed by atoms with E-state index in [4.69, 9.17) is 4.74 Å². The van der Waals surface area contributed by atoms with E-state index in [-0.39, 0.29) is 18.1 Å². The van der Waals surface area contributed by atoms with Gasteiger partial charge in [-0.05, 0) is 19.4 Å². The maximum Gasteiger partial charge on any atom is 0.272 e. The van der Waals surface area contributed by atoms with Gasteiger partial charge in [-0.1, -0.05) is 0 Å². The Bertz CT molecular complexity index is 415. The minimum absolute atomic E-state index is 0.0927. The summed E-state index contributed by atoms with van der Waals surface area (Å²) in [6, 6.07) is 2.07. The van der Waals surface area contributed by atoms with Crippen LogP contribution in [-0.4, -0.2) is 45.9 Å². The van der Waals surface area contributed by atoms with Gasteiger partial charge in [-0.2, -0.15) is 5.10 Å². The first kappa shape index (κ1) is 9.84. The number of amides is 1. The molecular formula is C11H15N3O2. The zero-order chi connectivity index (χ0) is 11.1. The number of hydrogen-bond acceptors (Lipinski definition) is 3. The molecule has 1 aromatic heterocycles. The van der Waals surface area contributed by atoms with E-state index in [2.05, 4.69) is 5.10 Å². The summed E-state index contributed by atoms with van der Waals surface area (Å²) in [4.78, 5) is 14.2. The topological polar surface area (TPSA) is 47.4 Å². The third kappa shape index (κ3) is 1.35. The summed E-state index contributed by atoms with van der Waals surface area (Å²) in [6.07, 6.45) is 2.93. The second-order valence-corrected chi connectivity index (χ2v) is 4.33. The minimum atomic E-state index is 0.0927. The molecule has 0 N–H and O–H groups in total. The molecule has 0 aliphatic carbocycles. The molecule has 0 spiro atoms. The summed E-state index contributed by atoms with van der Waals surface area (Å²) < 4.78 is 7.24. The Kier molecular flexibility index (Phi) is 2.21. The van der Waals surface area contributed by atoms with Gasteiger partial charge in [0.15, 0.2) is 0 Å². The number of rotatable bonds is 2. The fourth-order valence-corrected chi connectivity index (χ4v) is 2.56. The highest BCUT2D eigenvalue weighted by molar-refractivity contribution is 5.93. The maximum atomic E-state index is 12.3. The number of likely N-dealkylation sites (tertiary alicyclic amines) is 1. The predicted octanol–water partition coefficient (Wildman–Crippen LogP) is 0.516. The van der Waals surface area contributed by atoms with Crippen LogP contribution in [0.3, 0.4) is 0 Å². The quantitative estimate of drug-likeness (QED) is 0.731. The molecule has 5 nitrogen and oxygen atoms in total. The molecule has 2 bridgehead atoms. The first-order chi connectivity index (χ1) is 7.79. The largest absolute Gasteiger partial charge is 0.374 e.